The van der Waals surface area contributed by atoms with Crippen molar-refractivity contribution in [1.29, 1.82) is 0 Å². The second-order valence-electron chi connectivity index (χ2n) is 4.19. The number of alkyl halides is 3. The number of para-hydroxylation sites is 2. The summed E-state index contributed by atoms with van der Waals surface area (Å²) in [5.41, 5.74) is 0.0410. The molecule has 0 radical (unpaired) electrons. The maximum absolute atomic E-state index is 12.3. The van der Waals surface area contributed by atoms with E-state index >= 15 is 0 Å². The standard InChI is InChI=1S/C12H11F3N2O3/c13-12(14,15)20-9-4-2-1-3-7(9)16-8-5-6-10(18)17-11(8)19/h1-4,8,16H,5-6H2,(H,17,18,19). The lowest BCUT2D eigenvalue weighted by atomic mass is 10.1. The third kappa shape index (κ3) is 3.62. The van der Waals surface area contributed by atoms with Gasteiger partial charge >= 0.3 is 6.36 Å². The van der Waals surface area contributed by atoms with Crippen LogP contribution in [0.3, 0.4) is 0 Å². The molecule has 1 saturated heterocycles. The molecule has 1 fully saturated rings. The molecule has 2 N–H and O–H groups in total. The Morgan fingerprint density at radius 3 is 2.60 bits per heavy atom. The zero-order chi connectivity index (χ0) is 14.8. The molecule has 0 aliphatic carbocycles. The van der Waals surface area contributed by atoms with Crippen molar-refractivity contribution in [1.82, 2.24) is 5.32 Å². The van der Waals surface area contributed by atoms with Crippen LogP contribution in [-0.2, 0) is 9.59 Å². The molecule has 5 nitrogen and oxygen atoms in total. The first kappa shape index (κ1) is 14.2. The number of carbonyl (C=O) groups is 2. The van der Waals surface area contributed by atoms with Crippen molar-refractivity contribution in [2.45, 2.75) is 25.2 Å². The van der Waals surface area contributed by atoms with Gasteiger partial charge in [-0.3, -0.25) is 14.9 Å². The SMILES string of the molecule is O=C1CCC(Nc2ccccc2OC(F)(F)F)C(=O)N1. The Labute approximate surface area is 112 Å². The number of amides is 2. The highest BCUT2D eigenvalue weighted by Gasteiger charge is 2.33. The maximum atomic E-state index is 12.3. The number of ether oxygens (including phenoxy) is 1. The average molecular weight is 288 g/mol. The quantitative estimate of drug-likeness (QED) is 0.832. The number of benzene rings is 1. The van der Waals surface area contributed by atoms with Gasteiger partial charge in [0.15, 0.2) is 5.75 Å². The number of halogens is 3. The van der Waals surface area contributed by atoms with E-state index in [-0.39, 0.29) is 18.5 Å². The fourth-order valence-electron chi connectivity index (χ4n) is 1.82. The smallest absolute Gasteiger partial charge is 0.404 e. The van der Waals surface area contributed by atoms with Gasteiger partial charge in [-0.25, -0.2) is 0 Å². The second-order valence-corrected chi connectivity index (χ2v) is 4.19. The van der Waals surface area contributed by atoms with Gasteiger partial charge in [-0.05, 0) is 18.6 Å². The molecule has 2 rings (SSSR count). The van der Waals surface area contributed by atoms with E-state index in [1.165, 1.54) is 18.2 Å². The lowest BCUT2D eigenvalue weighted by molar-refractivity contribution is -0.274. The van der Waals surface area contributed by atoms with Gasteiger partial charge in [0.05, 0.1) is 5.69 Å². The zero-order valence-corrected chi connectivity index (χ0v) is 10.2. The molecular formula is C12H11F3N2O3. The van der Waals surface area contributed by atoms with Crippen molar-refractivity contribution < 1.29 is 27.5 Å². The van der Waals surface area contributed by atoms with Gasteiger partial charge in [0.2, 0.25) is 11.8 Å². The minimum absolute atomic E-state index is 0.0410. The Hall–Kier alpha value is -2.25. The summed E-state index contributed by atoms with van der Waals surface area (Å²) >= 11 is 0. The molecule has 8 heteroatoms. The molecular weight excluding hydrogens is 277 g/mol. The lowest BCUT2D eigenvalue weighted by Crippen LogP contribution is -2.47. The number of rotatable bonds is 3. The van der Waals surface area contributed by atoms with E-state index < -0.39 is 30.0 Å². The normalized spacial score (nSPS) is 19.4. The Kier molecular flexibility index (Phi) is 3.82. The molecule has 1 unspecified atom stereocenters. The molecule has 1 aromatic carbocycles. The van der Waals surface area contributed by atoms with Crippen LogP contribution in [0.5, 0.6) is 5.75 Å². The van der Waals surface area contributed by atoms with Gasteiger partial charge in [-0.1, -0.05) is 12.1 Å². The van der Waals surface area contributed by atoms with E-state index in [1.54, 1.807) is 0 Å². The van der Waals surface area contributed by atoms with Gasteiger partial charge in [0.1, 0.15) is 6.04 Å². The van der Waals surface area contributed by atoms with E-state index in [2.05, 4.69) is 15.4 Å². The predicted molar refractivity (Wildman–Crippen MR) is 62.9 cm³/mol. The first-order valence-corrected chi connectivity index (χ1v) is 5.80. The minimum Gasteiger partial charge on any atom is -0.404 e. The molecule has 0 spiro atoms. The molecule has 0 bridgehead atoms. The van der Waals surface area contributed by atoms with E-state index in [1.807, 2.05) is 0 Å². The van der Waals surface area contributed by atoms with Crippen LogP contribution in [0.25, 0.3) is 0 Å². The largest absolute Gasteiger partial charge is 0.573 e. The zero-order valence-electron chi connectivity index (χ0n) is 10.2. The van der Waals surface area contributed by atoms with Crippen LogP contribution in [0.1, 0.15) is 12.8 Å². The van der Waals surface area contributed by atoms with Crippen LogP contribution in [0.15, 0.2) is 24.3 Å². The number of piperidine rings is 1. The highest BCUT2D eigenvalue weighted by atomic mass is 19.4. The topological polar surface area (TPSA) is 67.4 Å². The van der Waals surface area contributed by atoms with Crippen molar-refractivity contribution in [3.05, 3.63) is 24.3 Å². The van der Waals surface area contributed by atoms with Crippen LogP contribution in [0.2, 0.25) is 0 Å². The molecule has 1 atom stereocenters. The summed E-state index contributed by atoms with van der Waals surface area (Å²) in [7, 11) is 0. The summed E-state index contributed by atoms with van der Waals surface area (Å²) in [6, 6.07) is 4.63. The summed E-state index contributed by atoms with van der Waals surface area (Å²) in [5.74, 6) is -1.39. The molecule has 108 valence electrons. The molecule has 0 saturated carbocycles. The number of anilines is 1. The summed E-state index contributed by atoms with van der Waals surface area (Å²) in [5, 5.41) is 4.77. The maximum Gasteiger partial charge on any atom is 0.573 e. The molecule has 1 aliphatic heterocycles. The van der Waals surface area contributed by atoms with Crippen LogP contribution < -0.4 is 15.4 Å². The van der Waals surface area contributed by atoms with E-state index in [0.717, 1.165) is 6.07 Å². The van der Waals surface area contributed by atoms with Crippen LogP contribution in [0.4, 0.5) is 18.9 Å². The van der Waals surface area contributed by atoms with Gasteiger partial charge in [-0.2, -0.15) is 0 Å². The van der Waals surface area contributed by atoms with E-state index in [9.17, 15) is 22.8 Å². The molecule has 0 aromatic heterocycles. The minimum atomic E-state index is -4.82. The van der Waals surface area contributed by atoms with Crippen molar-refractivity contribution >= 4 is 17.5 Å². The average Bonchev–Trinajstić information content (AvgIpc) is 2.33. The second kappa shape index (κ2) is 5.40. The number of imide groups is 1. The Bertz CT molecular complexity index is 531. The van der Waals surface area contributed by atoms with Crippen LogP contribution in [0, 0.1) is 0 Å². The van der Waals surface area contributed by atoms with Gasteiger partial charge < -0.3 is 10.1 Å². The third-order valence-corrected chi connectivity index (χ3v) is 2.68. The van der Waals surface area contributed by atoms with Crippen molar-refractivity contribution in [3.8, 4) is 5.75 Å². The number of hydrogen-bond donors (Lipinski definition) is 2. The van der Waals surface area contributed by atoms with Gasteiger partial charge in [0.25, 0.3) is 0 Å². The Balaban J connectivity index is 2.13. The number of carbonyl (C=O) groups excluding carboxylic acids is 2. The van der Waals surface area contributed by atoms with Gasteiger partial charge in [-0.15, -0.1) is 13.2 Å². The molecule has 2 amide bonds. The molecule has 1 heterocycles. The van der Waals surface area contributed by atoms with Crippen molar-refractivity contribution in [3.63, 3.8) is 0 Å². The third-order valence-electron chi connectivity index (χ3n) is 2.68. The Morgan fingerprint density at radius 1 is 1.25 bits per heavy atom. The lowest BCUT2D eigenvalue weighted by Gasteiger charge is -2.24. The monoisotopic (exact) mass is 288 g/mol. The van der Waals surface area contributed by atoms with Gasteiger partial charge in [0, 0.05) is 6.42 Å². The highest BCUT2D eigenvalue weighted by Crippen LogP contribution is 2.30. The first-order valence-electron chi connectivity index (χ1n) is 5.80. The fourth-order valence-corrected chi connectivity index (χ4v) is 1.82. The summed E-state index contributed by atoms with van der Waals surface area (Å²) < 4.78 is 40.6. The van der Waals surface area contributed by atoms with Crippen LogP contribution >= 0.6 is 0 Å². The van der Waals surface area contributed by atoms with Crippen LogP contribution in [-0.4, -0.2) is 24.2 Å². The van der Waals surface area contributed by atoms with Crippen molar-refractivity contribution in [2.24, 2.45) is 0 Å². The van der Waals surface area contributed by atoms with Crippen molar-refractivity contribution in [2.75, 3.05) is 5.32 Å². The summed E-state index contributed by atoms with van der Waals surface area (Å²) in [4.78, 5) is 22.5. The molecule has 1 aromatic rings. The first-order chi connectivity index (χ1) is 9.35. The number of nitrogens with one attached hydrogen (secondary N) is 2. The highest BCUT2D eigenvalue weighted by molar-refractivity contribution is 6.01. The van der Waals surface area contributed by atoms with E-state index in [4.69, 9.17) is 0 Å². The predicted octanol–water partition coefficient (Wildman–Crippen LogP) is 1.80. The summed E-state index contributed by atoms with van der Waals surface area (Å²) in [6.07, 6.45) is -4.47. The van der Waals surface area contributed by atoms with E-state index in [0.29, 0.717) is 0 Å². The Morgan fingerprint density at radius 2 is 1.95 bits per heavy atom. The fraction of sp³-hybridized carbons (Fsp3) is 0.333. The molecule has 20 heavy (non-hydrogen) atoms. The molecule has 1 aliphatic rings. The summed E-state index contributed by atoms with van der Waals surface area (Å²) in [6.45, 7) is 0. The number of hydrogen-bond acceptors (Lipinski definition) is 4.